The molecule has 0 radical (unpaired) electrons. The van der Waals surface area contributed by atoms with Gasteiger partial charge in [0, 0.05) is 4.88 Å². The number of thiazole rings is 1. The van der Waals surface area contributed by atoms with Crippen molar-refractivity contribution in [3.63, 3.8) is 0 Å². The van der Waals surface area contributed by atoms with Gasteiger partial charge in [0.15, 0.2) is 16.4 Å². The summed E-state index contributed by atoms with van der Waals surface area (Å²) in [6.45, 7) is 7.88. The van der Waals surface area contributed by atoms with Crippen LogP contribution in [0.1, 0.15) is 43.7 Å². The quantitative estimate of drug-likeness (QED) is 0.104. The average molecular weight is 653 g/mol. The van der Waals surface area contributed by atoms with Gasteiger partial charge in [-0.25, -0.2) is 15.2 Å². The van der Waals surface area contributed by atoms with E-state index in [1.807, 2.05) is 60.7 Å². The number of nitrogens with two attached hydrogens (primary N) is 1. The van der Waals surface area contributed by atoms with E-state index in [2.05, 4.69) is 29.0 Å². The fraction of sp³-hybridized carbons (Fsp3) is 0.364. The van der Waals surface area contributed by atoms with E-state index in [0.29, 0.717) is 22.5 Å². The third kappa shape index (κ3) is 9.37. The van der Waals surface area contributed by atoms with E-state index in [4.69, 9.17) is 19.6 Å². The molecule has 0 aliphatic heterocycles. The van der Waals surface area contributed by atoms with E-state index < -0.39 is 31.5 Å². The summed E-state index contributed by atoms with van der Waals surface area (Å²) in [5.41, 5.74) is 8.32. The van der Waals surface area contributed by atoms with Crippen LogP contribution in [0.2, 0.25) is 0 Å². The minimum Gasteiger partial charge on any atom is -0.465 e. The van der Waals surface area contributed by atoms with Gasteiger partial charge in [-0.3, -0.25) is 14.2 Å². The number of rotatable bonds is 16. The van der Waals surface area contributed by atoms with Crippen LogP contribution in [0.25, 0.3) is 11.5 Å². The molecule has 0 saturated carbocycles. The molecule has 2 aromatic heterocycles. The topological polar surface area (TPSA) is 146 Å². The molecule has 0 amide bonds. The average Bonchev–Trinajstić information content (AvgIpc) is 3.64. The zero-order valence-electron chi connectivity index (χ0n) is 26.0. The van der Waals surface area contributed by atoms with Crippen LogP contribution < -0.4 is 21.4 Å². The van der Waals surface area contributed by atoms with Crippen LogP contribution in [-0.2, 0) is 42.9 Å². The number of aromatic nitrogens is 1. The van der Waals surface area contributed by atoms with Crippen molar-refractivity contribution in [3.05, 3.63) is 88.8 Å². The molecule has 2 aromatic carbocycles. The van der Waals surface area contributed by atoms with Crippen LogP contribution in [0.15, 0.2) is 77.2 Å². The number of hydrogen-bond acceptors (Lipinski definition) is 9. The summed E-state index contributed by atoms with van der Waals surface area (Å²) in [6.07, 6.45) is 1.10. The first-order chi connectivity index (χ1) is 21.6. The molecule has 0 spiro atoms. The van der Waals surface area contributed by atoms with E-state index >= 15 is 4.57 Å². The Morgan fingerprint density at radius 2 is 1.36 bits per heavy atom. The molecule has 240 valence electrons. The lowest BCUT2D eigenvalue weighted by molar-refractivity contribution is -0.145. The maximum absolute atomic E-state index is 15.2. The minimum atomic E-state index is -4.07. The Hall–Kier alpha value is -3.76. The number of ether oxygens (including phenoxy) is 2. The molecule has 0 unspecified atom stereocenters. The summed E-state index contributed by atoms with van der Waals surface area (Å²) >= 11 is 1.38. The van der Waals surface area contributed by atoms with E-state index in [0.717, 1.165) is 22.4 Å². The zero-order chi connectivity index (χ0) is 32.4. The number of hydrogen-bond donors (Lipinski definition) is 3. The Morgan fingerprint density at radius 3 is 1.82 bits per heavy atom. The largest absolute Gasteiger partial charge is 0.465 e. The monoisotopic (exact) mass is 652 g/mol. The molecule has 2 heterocycles. The van der Waals surface area contributed by atoms with Gasteiger partial charge in [0.05, 0.1) is 13.2 Å². The third-order valence-electron chi connectivity index (χ3n) is 6.83. The molecule has 2 atom stereocenters. The van der Waals surface area contributed by atoms with Crippen molar-refractivity contribution in [2.24, 2.45) is 5.92 Å². The Morgan fingerprint density at radius 1 is 0.844 bits per heavy atom. The number of furan rings is 1. The SMILES string of the molecule is CCOC(=O)[C@H](Cc1ccccc1)NP(=O)(N[C@@H](Cc1ccccc1)C(=O)OCC)c1ccc(-c2nc(N)sc2CC(C)C)o1. The summed E-state index contributed by atoms with van der Waals surface area (Å²) < 4.78 is 32.2. The van der Waals surface area contributed by atoms with Crippen LogP contribution in [0, 0.1) is 5.92 Å². The van der Waals surface area contributed by atoms with Gasteiger partial charge in [-0.15, -0.1) is 11.3 Å². The predicted molar refractivity (Wildman–Crippen MR) is 177 cm³/mol. The van der Waals surface area contributed by atoms with Gasteiger partial charge in [-0.1, -0.05) is 74.5 Å². The number of carbonyl (C=O) groups is 2. The highest BCUT2D eigenvalue weighted by Crippen LogP contribution is 2.41. The Bertz CT molecular complexity index is 1520. The lowest BCUT2D eigenvalue weighted by atomic mass is 10.1. The normalized spacial score (nSPS) is 13.0. The summed E-state index contributed by atoms with van der Waals surface area (Å²) in [5, 5.41) is 6.47. The second kappa shape index (κ2) is 16.0. The molecule has 0 aliphatic rings. The molecule has 45 heavy (non-hydrogen) atoms. The van der Waals surface area contributed by atoms with E-state index in [9.17, 15) is 9.59 Å². The third-order valence-corrected chi connectivity index (χ3v) is 9.94. The molecular formula is C33H41N4O6PS. The summed E-state index contributed by atoms with van der Waals surface area (Å²) in [4.78, 5) is 32.0. The molecule has 4 aromatic rings. The van der Waals surface area contributed by atoms with Crippen molar-refractivity contribution in [1.29, 1.82) is 0 Å². The number of nitrogens with zero attached hydrogens (tertiary/aromatic N) is 1. The van der Waals surface area contributed by atoms with Gasteiger partial charge in [0.25, 0.3) is 7.44 Å². The van der Waals surface area contributed by atoms with Crippen LogP contribution in [0.3, 0.4) is 0 Å². The Kier molecular flexibility index (Phi) is 12.1. The summed E-state index contributed by atoms with van der Waals surface area (Å²) in [7, 11) is -4.07. The van der Waals surface area contributed by atoms with E-state index in [1.54, 1.807) is 26.0 Å². The zero-order valence-corrected chi connectivity index (χ0v) is 27.7. The number of carbonyl (C=O) groups excluding carboxylic acids is 2. The standard InChI is InChI=1S/C33H41N4O6PS/c1-5-41-31(38)25(20-23-13-9-7-10-14-23)36-44(40,37-26(32(39)42-6-2)21-24-15-11-8-12-16-24)29-18-17-27(43-29)30-28(19-22(3)4)45-33(34)35-30/h7-18,22,25-26H,5-6,19-21H2,1-4H3,(H2,34,35)(H2,36,37,40)/t25-,26-/m0/s1. The fourth-order valence-electron chi connectivity index (χ4n) is 4.85. The van der Waals surface area contributed by atoms with Crippen molar-refractivity contribution in [1.82, 2.24) is 15.2 Å². The summed E-state index contributed by atoms with van der Waals surface area (Å²) in [5.74, 6) is -0.446. The highest BCUT2D eigenvalue weighted by atomic mass is 32.1. The van der Waals surface area contributed by atoms with Gasteiger partial charge in [-0.2, -0.15) is 0 Å². The predicted octanol–water partition coefficient (Wildman–Crippen LogP) is 5.53. The molecule has 12 heteroatoms. The van der Waals surface area contributed by atoms with Crippen LogP contribution in [-0.4, -0.2) is 42.2 Å². The highest BCUT2D eigenvalue weighted by molar-refractivity contribution is 7.67. The lowest BCUT2D eigenvalue weighted by Gasteiger charge is -2.28. The molecule has 0 fully saturated rings. The van der Waals surface area contributed by atoms with Gasteiger partial charge in [0.2, 0.25) is 0 Å². The lowest BCUT2D eigenvalue weighted by Crippen LogP contribution is -2.48. The molecular weight excluding hydrogens is 611 g/mol. The summed E-state index contributed by atoms with van der Waals surface area (Å²) in [6, 6.07) is 19.9. The molecule has 4 N–H and O–H groups in total. The second-order valence-electron chi connectivity index (χ2n) is 10.9. The van der Waals surface area contributed by atoms with E-state index in [1.165, 1.54) is 11.3 Å². The van der Waals surface area contributed by atoms with Gasteiger partial charge < -0.3 is 19.6 Å². The van der Waals surface area contributed by atoms with E-state index in [-0.39, 0.29) is 31.6 Å². The molecule has 0 aliphatic carbocycles. The molecule has 10 nitrogen and oxygen atoms in total. The van der Waals surface area contributed by atoms with Crippen LogP contribution in [0.4, 0.5) is 5.13 Å². The van der Waals surface area contributed by atoms with Gasteiger partial charge in [-0.05, 0) is 62.3 Å². The molecule has 0 bridgehead atoms. The minimum absolute atomic E-state index is 0.0179. The second-order valence-corrected chi connectivity index (χ2v) is 14.2. The maximum Gasteiger partial charge on any atom is 0.323 e. The highest BCUT2D eigenvalue weighted by Gasteiger charge is 2.39. The number of anilines is 1. The number of esters is 2. The number of benzene rings is 2. The van der Waals surface area contributed by atoms with Crippen molar-refractivity contribution in [2.45, 2.75) is 59.0 Å². The molecule has 0 saturated heterocycles. The van der Waals surface area contributed by atoms with Crippen molar-refractivity contribution in [2.75, 3.05) is 18.9 Å². The maximum atomic E-state index is 15.2. The fourth-order valence-corrected chi connectivity index (χ4v) is 8.01. The number of nitrogen functional groups attached to an aromatic ring is 1. The first kappa shape index (κ1) is 34.1. The first-order valence-corrected chi connectivity index (χ1v) is 17.6. The van der Waals surface area contributed by atoms with Crippen molar-refractivity contribution >= 4 is 41.4 Å². The Balaban J connectivity index is 1.78. The smallest absolute Gasteiger partial charge is 0.323 e. The first-order valence-electron chi connectivity index (χ1n) is 15.0. The molecule has 4 rings (SSSR count). The number of nitrogens with one attached hydrogen (secondary N) is 2. The Labute approximate surface area is 268 Å². The van der Waals surface area contributed by atoms with Crippen molar-refractivity contribution in [3.8, 4) is 11.5 Å². The van der Waals surface area contributed by atoms with Gasteiger partial charge >= 0.3 is 11.9 Å². The van der Waals surface area contributed by atoms with Gasteiger partial charge in [0.1, 0.15) is 17.8 Å². The van der Waals surface area contributed by atoms with Crippen molar-refractivity contribution < 1.29 is 28.0 Å². The van der Waals surface area contributed by atoms with Crippen LogP contribution >= 0.6 is 18.8 Å². The van der Waals surface area contributed by atoms with Crippen LogP contribution in [0.5, 0.6) is 0 Å².